The van der Waals surface area contributed by atoms with Crippen LogP contribution in [0.4, 0.5) is 0 Å². The van der Waals surface area contributed by atoms with Crippen LogP contribution in [0.3, 0.4) is 0 Å². The Hall–Kier alpha value is -1.79. The largest absolute Gasteiger partial charge is 0.356 e. The minimum atomic E-state index is 0.111. The predicted molar refractivity (Wildman–Crippen MR) is 111 cm³/mol. The number of nitrogens with zero attached hydrogens (tertiary/aromatic N) is 2. The molecule has 0 aromatic carbocycles. The molecule has 0 bridgehead atoms. The first-order chi connectivity index (χ1) is 13.7. The Balaban J connectivity index is 1.34. The van der Waals surface area contributed by atoms with Crippen molar-refractivity contribution in [2.24, 2.45) is 10.9 Å². The highest BCUT2D eigenvalue weighted by Crippen LogP contribution is 2.26. The monoisotopic (exact) mass is 391 g/mol. The zero-order valence-corrected chi connectivity index (χ0v) is 17.3. The summed E-state index contributed by atoms with van der Waals surface area (Å²) in [5.74, 6) is 1.41. The molecule has 1 saturated heterocycles. The third kappa shape index (κ3) is 6.11. The number of carbonyl (C=O) groups excluding carboxylic acids is 2. The van der Waals surface area contributed by atoms with Gasteiger partial charge in [-0.1, -0.05) is 32.1 Å². The van der Waals surface area contributed by atoms with E-state index in [0.717, 1.165) is 45.2 Å². The van der Waals surface area contributed by atoms with E-state index in [-0.39, 0.29) is 17.9 Å². The maximum atomic E-state index is 12.7. The fourth-order valence-corrected chi connectivity index (χ4v) is 4.74. The van der Waals surface area contributed by atoms with E-state index in [0.29, 0.717) is 30.9 Å². The first-order valence-electron chi connectivity index (χ1n) is 11.2. The molecule has 0 aromatic heterocycles. The van der Waals surface area contributed by atoms with Gasteiger partial charge in [-0.05, 0) is 32.1 Å². The van der Waals surface area contributed by atoms with Crippen molar-refractivity contribution in [3.05, 3.63) is 0 Å². The molecule has 158 valence electrons. The molecule has 3 fully saturated rings. The van der Waals surface area contributed by atoms with Crippen LogP contribution in [0, 0.1) is 5.92 Å². The first-order valence-corrected chi connectivity index (χ1v) is 11.2. The van der Waals surface area contributed by atoms with E-state index in [2.05, 4.69) is 20.9 Å². The van der Waals surface area contributed by atoms with Crippen LogP contribution in [0.1, 0.15) is 70.6 Å². The smallest absolute Gasteiger partial charge is 0.225 e. The average molecular weight is 392 g/mol. The fourth-order valence-electron chi connectivity index (χ4n) is 4.74. The Kier molecular flexibility index (Phi) is 7.98. The van der Waals surface area contributed by atoms with Crippen LogP contribution < -0.4 is 16.0 Å². The van der Waals surface area contributed by atoms with Crippen LogP contribution in [0.15, 0.2) is 4.99 Å². The Morgan fingerprint density at radius 2 is 1.64 bits per heavy atom. The van der Waals surface area contributed by atoms with Crippen molar-refractivity contribution in [1.82, 2.24) is 20.9 Å². The van der Waals surface area contributed by atoms with E-state index in [4.69, 9.17) is 0 Å². The maximum absolute atomic E-state index is 12.7. The van der Waals surface area contributed by atoms with Crippen molar-refractivity contribution >= 4 is 17.8 Å². The molecule has 3 rings (SSSR count). The molecule has 2 aliphatic carbocycles. The van der Waals surface area contributed by atoms with E-state index in [9.17, 15) is 9.59 Å². The number of nitrogens with one attached hydrogen (secondary N) is 3. The van der Waals surface area contributed by atoms with Gasteiger partial charge in [0.25, 0.3) is 0 Å². The highest BCUT2D eigenvalue weighted by molar-refractivity contribution is 5.82. The molecule has 0 radical (unpaired) electrons. The van der Waals surface area contributed by atoms with Crippen molar-refractivity contribution in [2.45, 2.75) is 82.7 Å². The summed E-state index contributed by atoms with van der Waals surface area (Å²) in [6, 6.07) is 0.599. The van der Waals surface area contributed by atoms with Gasteiger partial charge in [-0.15, -0.1) is 0 Å². The van der Waals surface area contributed by atoms with Crippen molar-refractivity contribution in [3.63, 3.8) is 0 Å². The third-order valence-corrected chi connectivity index (χ3v) is 6.38. The Morgan fingerprint density at radius 1 is 0.929 bits per heavy atom. The number of amides is 2. The zero-order chi connectivity index (χ0) is 19.8. The van der Waals surface area contributed by atoms with Gasteiger partial charge in [0, 0.05) is 51.1 Å². The number of hydrogen-bond donors (Lipinski definition) is 3. The number of hydrogen-bond acceptors (Lipinski definition) is 3. The average Bonchev–Trinajstić information content (AvgIpc) is 3.39. The highest BCUT2D eigenvalue weighted by atomic mass is 16.2. The molecule has 0 spiro atoms. The second-order valence-electron chi connectivity index (χ2n) is 8.55. The summed E-state index contributed by atoms with van der Waals surface area (Å²) >= 11 is 0. The Labute approximate surface area is 169 Å². The van der Waals surface area contributed by atoms with E-state index in [1.165, 1.54) is 32.1 Å². The van der Waals surface area contributed by atoms with Crippen LogP contribution in [-0.4, -0.2) is 61.4 Å². The number of aliphatic imine (C=N–C) groups is 1. The van der Waals surface area contributed by atoms with Crippen molar-refractivity contribution in [3.8, 4) is 0 Å². The molecule has 7 heteroatoms. The molecule has 3 aliphatic rings. The zero-order valence-electron chi connectivity index (χ0n) is 17.3. The van der Waals surface area contributed by atoms with Crippen LogP contribution in [0.2, 0.25) is 0 Å². The van der Waals surface area contributed by atoms with Gasteiger partial charge in [-0.3, -0.25) is 14.6 Å². The molecule has 2 saturated carbocycles. The van der Waals surface area contributed by atoms with Gasteiger partial charge in [0.2, 0.25) is 11.8 Å². The maximum Gasteiger partial charge on any atom is 0.225 e. The van der Waals surface area contributed by atoms with Gasteiger partial charge < -0.3 is 20.9 Å². The summed E-state index contributed by atoms with van der Waals surface area (Å²) in [6.45, 7) is 2.14. The summed E-state index contributed by atoms with van der Waals surface area (Å²) in [6.07, 6.45) is 11.8. The molecule has 1 heterocycles. The molecule has 1 atom stereocenters. The lowest BCUT2D eigenvalue weighted by atomic mass is 9.88. The van der Waals surface area contributed by atoms with Gasteiger partial charge in [-0.25, -0.2) is 0 Å². The van der Waals surface area contributed by atoms with Crippen molar-refractivity contribution in [1.29, 1.82) is 0 Å². The van der Waals surface area contributed by atoms with E-state index < -0.39 is 0 Å². The number of rotatable bonds is 6. The van der Waals surface area contributed by atoms with Gasteiger partial charge in [0.1, 0.15) is 0 Å². The molecule has 28 heavy (non-hydrogen) atoms. The lowest BCUT2D eigenvalue weighted by molar-refractivity contribution is -0.135. The fraction of sp³-hybridized carbons (Fsp3) is 0.857. The van der Waals surface area contributed by atoms with Gasteiger partial charge in [0.05, 0.1) is 0 Å². The van der Waals surface area contributed by atoms with Gasteiger partial charge in [-0.2, -0.15) is 0 Å². The van der Waals surface area contributed by atoms with Crippen LogP contribution in [-0.2, 0) is 9.59 Å². The Morgan fingerprint density at radius 3 is 2.36 bits per heavy atom. The molecule has 2 amide bonds. The molecule has 7 nitrogen and oxygen atoms in total. The highest BCUT2D eigenvalue weighted by Gasteiger charge is 2.31. The molecule has 1 aliphatic heterocycles. The quantitative estimate of drug-likeness (QED) is 0.476. The lowest BCUT2D eigenvalue weighted by Gasteiger charge is -2.26. The van der Waals surface area contributed by atoms with Crippen LogP contribution in [0.5, 0.6) is 0 Å². The predicted octanol–water partition coefficient (Wildman–Crippen LogP) is 1.78. The first kappa shape index (κ1) is 20.9. The van der Waals surface area contributed by atoms with Crippen LogP contribution >= 0.6 is 0 Å². The second-order valence-corrected chi connectivity index (χ2v) is 8.55. The summed E-state index contributed by atoms with van der Waals surface area (Å²) in [5.41, 5.74) is 0. The second kappa shape index (κ2) is 10.7. The molecule has 1 unspecified atom stereocenters. The minimum absolute atomic E-state index is 0.111. The summed E-state index contributed by atoms with van der Waals surface area (Å²) < 4.78 is 0. The Bertz CT molecular complexity index is 553. The van der Waals surface area contributed by atoms with E-state index >= 15 is 0 Å². The van der Waals surface area contributed by atoms with E-state index in [1.807, 2.05) is 4.90 Å². The lowest BCUT2D eigenvalue weighted by Crippen LogP contribution is -2.46. The number of carbonyl (C=O) groups is 2. The number of guanidine groups is 1. The summed E-state index contributed by atoms with van der Waals surface area (Å²) in [5, 5.41) is 9.76. The SMILES string of the molecule is CN=C(NCCC(=O)NC1CCCC1)NC1CCN(C(=O)C2CCCCC2)C1. The molecule has 3 N–H and O–H groups in total. The van der Waals surface area contributed by atoms with Crippen molar-refractivity contribution < 1.29 is 9.59 Å². The summed E-state index contributed by atoms with van der Waals surface area (Å²) in [4.78, 5) is 31.0. The topological polar surface area (TPSA) is 85.8 Å². The number of likely N-dealkylation sites (tertiary alicyclic amines) is 1. The minimum Gasteiger partial charge on any atom is -0.356 e. The molecular formula is C21H37N5O2. The van der Waals surface area contributed by atoms with Crippen LogP contribution in [0.25, 0.3) is 0 Å². The standard InChI is InChI=1S/C21H37N5O2/c1-22-21(23-13-11-19(27)24-17-9-5-6-10-17)25-18-12-14-26(15-18)20(28)16-7-3-2-4-8-16/h16-18H,2-15H2,1H3,(H,24,27)(H2,22,23,25). The summed E-state index contributed by atoms with van der Waals surface area (Å²) in [7, 11) is 1.74. The third-order valence-electron chi connectivity index (χ3n) is 6.38. The molecule has 0 aromatic rings. The van der Waals surface area contributed by atoms with Gasteiger partial charge in [0.15, 0.2) is 5.96 Å². The molecular weight excluding hydrogens is 354 g/mol. The van der Waals surface area contributed by atoms with E-state index in [1.54, 1.807) is 7.05 Å². The van der Waals surface area contributed by atoms with Crippen molar-refractivity contribution in [2.75, 3.05) is 26.7 Å². The van der Waals surface area contributed by atoms with Gasteiger partial charge >= 0.3 is 0 Å². The normalized spacial score (nSPS) is 24.4.